The molecule has 2 rings (SSSR count). The van der Waals surface area contributed by atoms with E-state index in [1.54, 1.807) is 22.7 Å². The topological polar surface area (TPSA) is 38.9 Å². The average molecular weight is 224 g/mol. The molecule has 0 unspecified atom stereocenters. The molecule has 0 amide bonds. The van der Waals surface area contributed by atoms with Crippen LogP contribution in [0.4, 0.5) is 0 Å². The largest absolute Gasteiger partial charge is 0.326 e. The highest BCUT2D eigenvalue weighted by Crippen LogP contribution is 2.31. The highest BCUT2D eigenvalue weighted by Gasteiger charge is 2.10. The first-order chi connectivity index (χ1) is 6.85. The van der Waals surface area contributed by atoms with Crippen molar-refractivity contribution in [2.45, 2.75) is 19.9 Å². The van der Waals surface area contributed by atoms with Crippen molar-refractivity contribution in [3.8, 4) is 9.88 Å². The van der Waals surface area contributed by atoms with Crippen molar-refractivity contribution in [1.29, 1.82) is 0 Å². The molecule has 0 spiro atoms. The molecule has 14 heavy (non-hydrogen) atoms. The van der Waals surface area contributed by atoms with Gasteiger partial charge in [0.15, 0.2) is 0 Å². The van der Waals surface area contributed by atoms with Gasteiger partial charge in [0.25, 0.3) is 0 Å². The molecule has 0 aliphatic heterocycles. The number of rotatable bonds is 3. The summed E-state index contributed by atoms with van der Waals surface area (Å²) in [6, 6.07) is 4.15. The molecule has 2 nitrogen and oxygen atoms in total. The summed E-state index contributed by atoms with van der Waals surface area (Å²) < 4.78 is 0. The fourth-order valence-electron chi connectivity index (χ4n) is 1.32. The first-order valence-corrected chi connectivity index (χ1v) is 6.27. The van der Waals surface area contributed by atoms with E-state index in [-0.39, 0.29) is 0 Å². The summed E-state index contributed by atoms with van der Waals surface area (Å²) in [4.78, 5) is 7.05. The van der Waals surface area contributed by atoms with E-state index in [0.717, 1.165) is 17.1 Å². The molecule has 0 fully saturated rings. The number of nitrogens with two attached hydrogens (primary N) is 1. The van der Waals surface area contributed by atoms with E-state index in [1.807, 2.05) is 0 Å². The molecule has 0 aliphatic rings. The zero-order chi connectivity index (χ0) is 9.97. The molecule has 2 aromatic heterocycles. The van der Waals surface area contributed by atoms with Crippen LogP contribution in [0.25, 0.3) is 9.88 Å². The van der Waals surface area contributed by atoms with Gasteiger partial charge in [-0.2, -0.15) is 0 Å². The Hall–Kier alpha value is -0.710. The Balaban J connectivity index is 2.41. The van der Waals surface area contributed by atoms with Gasteiger partial charge in [0.1, 0.15) is 5.01 Å². The van der Waals surface area contributed by atoms with Gasteiger partial charge in [-0.05, 0) is 17.9 Å². The van der Waals surface area contributed by atoms with Crippen LogP contribution in [0.15, 0.2) is 17.5 Å². The predicted octanol–water partition coefficient (Wildman–Crippen LogP) is 2.89. The Labute approximate surface area is 91.4 Å². The third-order valence-electron chi connectivity index (χ3n) is 2.03. The van der Waals surface area contributed by atoms with Crippen LogP contribution >= 0.6 is 22.7 Å². The van der Waals surface area contributed by atoms with Gasteiger partial charge in [0.2, 0.25) is 0 Å². The second-order valence-corrected chi connectivity index (χ2v) is 4.96. The van der Waals surface area contributed by atoms with Gasteiger partial charge in [-0.3, -0.25) is 0 Å². The first kappa shape index (κ1) is 9.83. The van der Waals surface area contributed by atoms with Crippen molar-refractivity contribution >= 4 is 22.7 Å². The van der Waals surface area contributed by atoms with Crippen molar-refractivity contribution in [3.63, 3.8) is 0 Å². The van der Waals surface area contributed by atoms with Crippen molar-refractivity contribution in [3.05, 3.63) is 28.1 Å². The summed E-state index contributed by atoms with van der Waals surface area (Å²) in [5, 5.41) is 3.18. The third kappa shape index (κ3) is 1.73. The Morgan fingerprint density at radius 1 is 1.50 bits per heavy atom. The van der Waals surface area contributed by atoms with E-state index in [4.69, 9.17) is 5.73 Å². The number of thiazole rings is 1. The maximum atomic E-state index is 5.67. The Bertz CT molecular complexity index is 382. The fourth-order valence-corrected chi connectivity index (χ4v) is 3.15. The van der Waals surface area contributed by atoms with Crippen molar-refractivity contribution < 1.29 is 0 Å². The van der Waals surface area contributed by atoms with Gasteiger partial charge >= 0.3 is 0 Å². The molecule has 2 N–H and O–H groups in total. The van der Waals surface area contributed by atoms with Crippen LogP contribution < -0.4 is 5.73 Å². The normalized spacial score (nSPS) is 10.7. The van der Waals surface area contributed by atoms with Crippen LogP contribution in [-0.4, -0.2) is 4.98 Å². The number of hydrogen-bond donors (Lipinski definition) is 1. The molecule has 0 aromatic carbocycles. The monoisotopic (exact) mass is 224 g/mol. The van der Waals surface area contributed by atoms with Crippen LogP contribution in [0.2, 0.25) is 0 Å². The minimum absolute atomic E-state index is 0.603. The van der Waals surface area contributed by atoms with E-state index in [9.17, 15) is 0 Å². The molecule has 0 bridgehead atoms. The van der Waals surface area contributed by atoms with Crippen LogP contribution in [-0.2, 0) is 13.0 Å². The summed E-state index contributed by atoms with van der Waals surface area (Å²) in [5.74, 6) is 0. The predicted molar refractivity (Wildman–Crippen MR) is 62.7 cm³/mol. The fraction of sp³-hybridized carbons (Fsp3) is 0.300. The lowest BCUT2D eigenvalue weighted by atomic mass is 10.3. The lowest BCUT2D eigenvalue weighted by Gasteiger charge is -1.91. The third-order valence-corrected chi connectivity index (χ3v) is 4.19. The van der Waals surface area contributed by atoms with Crippen LogP contribution in [0.1, 0.15) is 17.5 Å². The molecule has 2 aromatic rings. The van der Waals surface area contributed by atoms with Gasteiger partial charge in [0, 0.05) is 11.4 Å². The Kier molecular flexibility index (Phi) is 2.96. The van der Waals surface area contributed by atoms with Crippen molar-refractivity contribution in [2.75, 3.05) is 0 Å². The van der Waals surface area contributed by atoms with Crippen molar-refractivity contribution in [2.24, 2.45) is 5.73 Å². The number of thiophene rings is 1. The second-order valence-electron chi connectivity index (χ2n) is 2.92. The van der Waals surface area contributed by atoms with Crippen LogP contribution in [0, 0.1) is 0 Å². The SMILES string of the molecule is CCc1nc(-c2cccs2)sc1CN. The van der Waals surface area contributed by atoms with E-state index in [2.05, 4.69) is 29.4 Å². The lowest BCUT2D eigenvalue weighted by Crippen LogP contribution is -1.96. The van der Waals surface area contributed by atoms with E-state index < -0.39 is 0 Å². The summed E-state index contributed by atoms with van der Waals surface area (Å²) >= 11 is 3.44. The van der Waals surface area contributed by atoms with Gasteiger partial charge in [-0.1, -0.05) is 13.0 Å². The molecule has 0 radical (unpaired) electrons. The molecule has 0 atom stereocenters. The maximum absolute atomic E-state index is 5.67. The maximum Gasteiger partial charge on any atom is 0.133 e. The average Bonchev–Trinajstić information content (AvgIpc) is 2.85. The molecule has 0 saturated carbocycles. The quantitative estimate of drug-likeness (QED) is 0.870. The van der Waals surface area contributed by atoms with Gasteiger partial charge < -0.3 is 5.73 Å². The van der Waals surface area contributed by atoms with E-state index in [0.29, 0.717) is 6.54 Å². The minimum Gasteiger partial charge on any atom is -0.326 e. The number of nitrogens with zero attached hydrogens (tertiary/aromatic N) is 1. The smallest absolute Gasteiger partial charge is 0.133 e. The Morgan fingerprint density at radius 3 is 2.86 bits per heavy atom. The van der Waals surface area contributed by atoms with Crippen LogP contribution in [0.5, 0.6) is 0 Å². The summed E-state index contributed by atoms with van der Waals surface area (Å²) in [5.41, 5.74) is 6.82. The highest BCUT2D eigenvalue weighted by molar-refractivity contribution is 7.21. The highest BCUT2D eigenvalue weighted by atomic mass is 32.1. The molecule has 0 aliphatic carbocycles. The summed E-state index contributed by atoms with van der Waals surface area (Å²) in [6.07, 6.45) is 0.967. The molecule has 2 heterocycles. The molecule has 0 saturated heterocycles. The molecule has 74 valence electrons. The van der Waals surface area contributed by atoms with E-state index >= 15 is 0 Å². The Morgan fingerprint density at radius 2 is 2.36 bits per heavy atom. The standard InChI is InChI=1S/C10H12N2S2/c1-2-7-9(6-11)14-10(12-7)8-4-3-5-13-8/h3-5H,2,6,11H2,1H3. The first-order valence-electron chi connectivity index (χ1n) is 4.57. The second kappa shape index (κ2) is 4.21. The number of aryl methyl sites for hydroxylation is 1. The zero-order valence-electron chi connectivity index (χ0n) is 7.99. The molecular weight excluding hydrogens is 212 g/mol. The van der Waals surface area contributed by atoms with Gasteiger partial charge in [0.05, 0.1) is 10.6 Å². The lowest BCUT2D eigenvalue weighted by molar-refractivity contribution is 0.990. The van der Waals surface area contributed by atoms with Gasteiger partial charge in [-0.15, -0.1) is 22.7 Å². The molecule has 4 heteroatoms. The minimum atomic E-state index is 0.603. The summed E-state index contributed by atoms with van der Waals surface area (Å²) in [7, 11) is 0. The van der Waals surface area contributed by atoms with E-state index in [1.165, 1.54) is 9.75 Å². The molecular formula is C10H12N2S2. The number of hydrogen-bond acceptors (Lipinski definition) is 4. The number of aromatic nitrogens is 1. The van der Waals surface area contributed by atoms with Crippen molar-refractivity contribution in [1.82, 2.24) is 4.98 Å². The van der Waals surface area contributed by atoms with Crippen LogP contribution in [0.3, 0.4) is 0 Å². The zero-order valence-corrected chi connectivity index (χ0v) is 9.62. The summed E-state index contributed by atoms with van der Waals surface area (Å²) in [6.45, 7) is 2.72. The van der Waals surface area contributed by atoms with Gasteiger partial charge in [-0.25, -0.2) is 4.98 Å².